The van der Waals surface area contributed by atoms with E-state index in [-0.39, 0.29) is 30.3 Å². The zero-order valence-corrected chi connectivity index (χ0v) is 15.8. The first-order valence-corrected chi connectivity index (χ1v) is 9.66. The number of hydrogen-bond donors (Lipinski definition) is 1. The van der Waals surface area contributed by atoms with Crippen LogP contribution < -0.4 is 10.4 Å². The van der Waals surface area contributed by atoms with Gasteiger partial charge in [0.25, 0.3) is 0 Å². The van der Waals surface area contributed by atoms with Gasteiger partial charge in [0.1, 0.15) is 5.00 Å². The molecule has 26 heavy (non-hydrogen) atoms. The van der Waals surface area contributed by atoms with Crippen LogP contribution in [0.5, 0.6) is 0 Å². The average Bonchev–Trinajstić information content (AvgIpc) is 3.28. The second-order valence-corrected chi connectivity index (χ2v) is 8.16. The number of esters is 1. The van der Waals surface area contributed by atoms with Crippen LogP contribution in [0.3, 0.4) is 0 Å². The minimum atomic E-state index is -1.19. The number of carbonyl (C=O) groups is 3. The molecule has 140 valence electrons. The van der Waals surface area contributed by atoms with E-state index >= 15 is 0 Å². The maximum absolute atomic E-state index is 12.8. The summed E-state index contributed by atoms with van der Waals surface area (Å²) >= 11 is 1.32. The molecule has 1 aromatic heterocycles. The second kappa shape index (κ2) is 7.23. The fraction of sp³-hybridized carbons (Fsp3) is 0.526. The van der Waals surface area contributed by atoms with Crippen molar-refractivity contribution in [3.05, 3.63) is 28.7 Å². The molecular formula is C19H22NO5S-. The van der Waals surface area contributed by atoms with E-state index in [1.165, 1.54) is 11.3 Å². The van der Waals surface area contributed by atoms with Crippen molar-refractivity contribution in [2.24, 2.45) is 23.7 Å². The lowest BCUT2D eigenvalue weighted by Gasteiger charge is -2.27. The highest BCUT2D eigenvalue weighted by Crippen LogP contribution is 2.48. The number of rotatable bonds is 6. The topological polar surface area (TPSA) is 95.5 Å². The Kier molecular flexibility index (Phi) is 5.18. The number of fused-ring (bicyclic) bond motifs is 2. The summed E-state index contributed by atoms with van der Waals surface area (Å²) in [6.45, 7) is 5.96. The first kappa shape index (κ1) is 18.6. The van der Waals surface area contributed by atoms with E-state index in [9.17, 15) is 19.5 Å². The van der Waals surface area contributed by atoms with Crippen LogP contribution in [-0.2, 0) is 14.3 Å². The number of anilines is 1. The minimum Gasteiger partial charge on any atom is -0.550 e. The summed E-state index contributed by atoms with van der Waals surface area (Å²) in [6, 6.07) is 1.74. The van der Waals surface area contributed by atoms with Gasteiger partial charge >= 0.3 is 5.97 Å². The number of allylic oxidation sites excluding steroid dienone is 2. The molecule has 7 heteroatoms. The van der Waals surface area contributed by atoms with Crippen molar-refractivity contribution in [3.8, 4) is 0 Å². The lowest BCUT2D eigenvalue weighted by atomic mass is 9.82. The summed E-state index contributed by atoms with van der Waals surface area (Å²) in [5.74, 6) is -3.61. The number of carboxylic acids is 1. The summed E-state index contributed by atoms with van der Waals surface area (Å²) in [7, 11) is 0. The van der Waals surface area contributed by atoms with E-state index in [1.54, 1.807) is 13.0 Å². The Labute approximate surface area is 156 Å². The standard InChI is InChI=1S/C19H23NO5S/c1-4-25-19(24)12-8-13(9(2)3)26-17(12)20-16(21)14-10-5-6-11(7-10)15(14)18(22)23/h5-6,8-11,14-15H,4,7H2,1-3H3,(H,20,21)(H,22,23)/p-1/t10-,11+,14-,15+/m1/s1. The Morgan fingerprint density at radius 2 is 1.92 bits per heavy atom. The molecule has 0 aliphatic heterocycles. The number of carbonyl (C=O) groups excluding carboxylic acids is 3. The Balaban J connectivity index is 1.86. The van der Waals surface area contributed by atoms with Gasteiger partial charge in [-0.3, -0.25) is 4.79 Å². The van der Waals surface area contributed by atoms with Gasteiger partial charge in [-0.2, -0.15) is 0 Å². The van der Waals surface area contributed by atoms with Gasteiger partial charge in [0, 0.05) is 16.8 Å². The molecule has 1 saturated carbocycles. The third kappa shape index (κ3) is 3.28. The molecule has 0 radical (unpaired) electrons. The van der Waals surface area contributed by atoms with E-state index in [1.807, 2.05) is 26.0 Å². The second-order valence-electron chi connectivity index (χ2n) is 7.07. The molecule has 6 nitrogen and oxygen atoms in total. The fourth-order valence-electron chi connectivity index (χ4n) is 3.84. The maximum atomic E-state index is 12.8. The monoisotopic (exact) mass is 376 g/mol. The minimum absolute atomic E-state index is 0.0986. The Morgan fingerprint density at radius 1 is 1.27 bits per heavy atom. The van der Waals surface area contributed by atoms with Crippen LogP contribution in [0, 0.1) is 23.7 Å². The number of carboxylic acid groups (broad SMARTS) is 1. The molecule has 2 aliphatic rings. The quantitative estimate of drug-likeness (QED) is 0.606. The molecule has 1 amide bonds. The van der Waals surface area contributed by atoms with E-state index in [2.05, 4.69) is 5.32 Å². The zero-order chi connectivity index (χ0) is 19.0. The van der Waals surface area contributed by atoms with Crippen molar-refractivity contribution in [3.63, 3.8) is 0 Å². The van der Waals surface area contributed by atoms with Crippen LogP contribution in [0.1, 0.15) is 48.3 Å². The molecule has 0 saturated heterocycles. The largest absolute Gasteiger partial charge is 0.550 e. The van der Waals surface area contributed by atoms with E-state index in [0.29, 0.717) is 17.0 Å². The Hall–Kier alpha value is -2.15. The maximum Gasteiger partial charge on any atom is 0.341 e. The lowest BCUT2D eigenvalue weighted by molar-refractivity contribution is -0.313. The van der Waals surface area contributed by atoms with Crippen molar-refractivity contribution in [1.82, 2.24) is 0 Å². The fourth-order valence-corrected chi connectivity index (χ4v) is 4.90. The van der Waals surface area contributed by atoms with Crippen LogP contribution in [0.2, 0.25) is 0 Å². The van der Waals surface area contributed by atoms with Gasteiger partial charge in [0.05, 0.1) is 18.1 Å². The third-order valence-electron chi connectivity index (χ3n) is 5.09. The Morgan fingerprint density at radius 3 is 2.50 bits per heavy atom. The number of aliphatic carboxylic acids is 1. The number of ether oxygens (including phenoxy) is 1. The van der Waals surface area contributed by atoms with Crippen molar-refractivity contribution in [1.29, 1.82) is 0 Å². The van der Waals surface area contributed by atoms with Gasteiger partial charge in [-0.25, -0.2) is 4.79 Å². The van der Waals surface area contributed by atoms with Crippen LogP contribution in [-0.4, -0.2) is 24.5 Å². The highest BCUT2D eigenvalue weighted by Gasteiger charge is 2.48. The summed E-state index contributed by atoms with van der Waals surface area (Å²) in [6.07, 6.45) is 4.43. The van der Waals surface area contributed by atoms with Crippen molar-refractivity contribution >= 4 is 34.2 Å². The number of hydrogen-bond acceptors (Lipinski definition) is 6. The first-order chi connectivity index (χ1) is 12.3. The molecule has 3 rings (SSSR count). The molecule has 1 fully saturated rings. The summed E-state index contributed by atoms with van der Waals surface area (Å²) in [5, 5.41) is 14.7. The Bertz CT molecular complexity index is 766. The lowest BCUT2D eigenvalue weighted by Crippen LogP contribution is -2.42. The molecular weight excluding hydrogens is 354 g/mol. The van der Waals surface area contributed by atoms with E-state index < -0.39 is 23.8 Å². The predicted octanol–water partition coefficient (Wildman–Crippen LogP) is 2.17. The molecule has 4 atom stereocenters. The zero-order valence-electron chi connectivity index (χ0n) is 15.0. The van der Waals surface area contributed by atoms with Gasteiger partial charge in [-0.05, 0) is 37.2 Å². The highest BCUT2D eigenvalue weighted by atomic mass is 32.1. The summed E-state index contributed by atoms with van der Waals surface area (Å²) in [4.78, 5) is 37.5. The van der Waals surface area contributed by atoms with Crippen LogP contribution in [0.25, 0.3) is 0 Å². The van der Waals surface area contributed by atoms with Crippen molar-refractivity contribution in [2.75, 3.05) is 11.9 Å². The van der Waals surface area contributed by atoms with Gasteiger partial charge in [-0.15, -0.1) is 11.3 Å². The van der Waals surface area contributed by atoms with E-state index in [4.69, 9.17) is 4.74 Å². The van der Waals surface area contributed by atoms with Crippen LogP contribution >= 0.6 is 11.3 Å². The van der Waals surface area contributed by atoms with Gasteiger partial charge in [0.15, 0.2) is 0 Å². The molecule has 0 unspecified atom stereocenters. The average molecular weight is 376 g/mol. The predicted molar refractivity (Wildman–Crippen MR) is 95.7 cm³/mol. The van der Waals surface area contributed by atoms with Crippen molar-refractivity contribution in [2.45, 2.75) is 33.1 Å². The van der Waals surface area contributed by atoms with E-state index in [0.717, 1.165) is 4.88 Å². The van der Waals surface area contributed by atoms with Crippen LogP contribution in [0.15, 0.2) is 18.2 Å². The molecule has 1 N–H and O–H groups in total. The first-order valence-electron chi connectivity index (χ1n) is 8.84. The molecule has 2 aliphatic carbocycles. The van der Waals surface area contributed by atoms with Gasteiger partial charge in [0.2, 0.25) is 5.91 Å². The molecule has 1 aromatic rings. The molecule has 1 heterocycles. The smallest absolute Gasteiger partial charge is 0.341 e. The molecule has 0 spiro atoms. The number of nitrogens with one attached hydrogen (secondary N) is 1. The normalized spacial score (nSPS) is 26.3. The van der Waals surface area contributed by atoms with Crippen LogP contribution in [0.4, 0.5) is 5.00 Å². The summed E-state index contributed by atoms with van der Waals surface area (Å²) in [5.41, 5.74) is 0.317. The van der Waals surface area contributed by atoms with Crippen molar-refractivity contribution < 1.29 is 24.2 Å². The number of amides is 1. The summed E-state index contributed by atoms with van der Waals surface area (Å²) < 4.78 is 5.08. The SMILES string of the molecule is CCOC(=O)c1cc(C(C)C)sc1NC(=O)[C@H]1[C@@H](C(=O)[O-])[C@H]2C=C[C@@H]1C2. The third-order valence-corrected chi connectivity index (χ3v) is 6.44. The molecule has 0 aromatic carbocycles. The van der Waals surface area contributed by atoms with Gasteiger partial charge < -0.3 is 20.0 Å². The highest BCUT2D eigenvalue weighted by molar-refractivity contribution is 7.16. The molecule has 2 bridgehead atoms. The van der Waals surface area contributed by atoms with Gasteiger partial charge in [-0.1, -0.05) is 26.0 Å². The number of thiophene rings is 1.